The van der Waals surface area contributed by atoms with Gasteiger partial charge in [-0.1, -0.05) is 0 Å². The van der Waals surface area contributed by atoms with Crippen molar-refractivity contribution in [2.75, 3.05) is 11.9 Å². The highest BCUT2D eigenvalue weighted by molar-refractivity contribution is 7.17. The fourth-order valence-corrected chi connectivity index (χ4v) is 4.40. The van der Waals surface area contributed by atoms with E-state index in [0.717, 1.165) is 23.4 Å². The van der Waals surface area contributed by atoms with E-state index < -0.39 is 0 Å². The Balaban J connectivity index is 1.70. The van der Waals surface area contributed by atoms with Crippen LogP contribution in [0.1, 0.15) is 31.1 Å². The lowest BCUT2D eigenvalue weighted by atomic mass is 10.0. The van der Waals surface area contributed by atoms with Gasteiger partial charge in [-0.2, -0.15) is 0 Å². The fourth-order valence-electron chi connectivity index (χ4n) is 2.79. The molecule has 7 heteroatoms. The highest BCUT2D eigenvalue weighted by atomic mass is 32.1. The Kier molecular flexibility index (Phi) is 4.77. The van der Waals surface area contributed by atoms with E-state index in [1.165, 1.54) is 23.1 Å². The first kappa shape index (κ1) is 16.1. The minimum atomic E-state index is -0.377. The van der Waals surface area contributed by atoms with Gasteiger partial charge in [0.05, 0.1) is 10.6 Å². The van der Waals surface area contributed by atoms with Crippen LogP contribution in [0.3, 0.4) is 0 Å². The molecule has 0 spiro atoms. The number of rotatable bonds is 3. The summed E-state index contributed by atoms with van der Waals surface area (Å²) in [6.07, 6.45) is 2.65. The smallest absolute Gasteiger partial charge is 0.248 e. The molecule has 2 aromatic rings. The summed E-state index contributed by atoms with van der Waals surface area (Å²) in [6.45, 7) is 4.24. The molecule has 1 N–H and O–H groups in total. The van der Waals surface area contributed by atoms with Crippen LogP contribution in [0.15, 0.2) is 17.5 Å². The lowest BCUT2D eigenvalue weighted by Gasteiger charge is -2.33. The van der Waals surface area contributed by atoms with Crippen LogP contribution in [-0.2, 0) is 9.59 Å². The Labute approximate surface area is 143 Å². The summed E-state index contributed by atoms with van der Waals surface area (Å²) >= 11 is 3.10. The van der Waals surface area contributed by atoms with Gasteiger partial charge in [-0.3, -0.25) is 9.59 Å². The molecule has 1 fully saturated rings. The molecule has 1 aliphatic heterocycles. The lowest BCUT2D eigenvalue weighted by Crippen LogP contribution is -2.49. The third-order valence-corrected chi connectivity index (χ3v) is 5.72. The molecular weight excluding hydrogens is 330 g/mol. The lowest BCUT2D eigenvalue weighted by molar-refractivity contribution is -0.138. The van der Waals surface area contributed by atoms with Crippen molar-refractivity contribution in [2.45, 2.75) is 39.2 Å². The molecule has 0 aromatic carbocycles. The van der Waals surface area contributed by atoms with Crippen LogP contribution in [0.2, 0.25) is 0 Å². The number of thiazole rings is 1. The van der Waals surface area contributed by atoms with E-state index in [0.29, 0.717) is 18.1 Å². The maximum absolute atomic E-state index is 12.5. The summed E-state index contributed by atoms with van der Waals surface area (Å²) in [6, 6.07) is 3.72. The van der Waals surface area contributed by atoms with E-state index in [-0.39, 0.29) is 17.9 Å². The first-order valence-corrected chi connectivity index (χ1v) is 9.34. The number of anilines is 1. The molecule has 1 atom stereocenters. The molecule has 5 nitrogen and oxygen atoms in total. The van der Waals surface area contributed by atoms with Gasteiger partial charge in [-0.25, -0.2) is 4.98 Å². The van der Waals surface area contributed by atoms with Gasteiger partial charge in [0.15, 0.2) is 5.13 Å². The number of amides is 2. The average Bonchev–Trinajstić information content (AvgIpc) is 3.16. The Morgan fingerprint density at radius 2 is 2.17 bits per heavy atom. The van der Waals surface area contributed by atoms with Crippen molar-refractivity contribution in [2.24, 2.45) is 0 Å². The van der Waals surface area contributed by atoms with Crippen LogP contribution < -0.4 is 5.32 Å². The molecule has 0 saturated carbocycles. The third kappa shape index (κ3) is 3.61. The molecule has 1 aliphatic rings. The number of aryl methyl sites for hydroxylation is 1. The predicted molar refractivity (Wildman–Crippen MR) is 93.8 cm³/mol. The number of thiophene rings is 1. The summed E-state index contributed by atoms with van der Waals surface area (Å²) in [5.41, 5.74) is 0.885. The molecule has 0 radical (unpaired) electrons. The number of piperidine rings is 1. The van der Waals surface area contributed by atoms with Crippen molar-refractivity contribution >= 4 is 39.6 Å². The van der Waals surface area contributed by atoms with Crippen molar-refractivity contribution in [1.29, 1.82) is 0 Å². The number of carbonyl (C=O) groups is 2. The van der Waals surface area contributed by atoms with E-state index in [1.54, 1.807) is 16.2 Å². The first-order chi connectivity index (χ1) is 11.0. The number of aromatic nitrogens is 1. The van der Waals surface area contributed by atoms with Crippen molar-refractivity contribution in [3.05, 3.63) is 22.4 Å². The standard InChI is InChI=1S/C16H19N3O2S2/c1-10-6-7-14(23-10)12-9-22-16(17-12)18-15(21)13-5-3-4-8-19(13)11(2)20/h6-7,9,13H,3-5,8H2,1-2H3,(H,17,18,21). The van der Waals surface area contributed by atoms with Crippen molar-refractivity contribution in [3.8, 4) is 10.6 Å². The van der Waals surface area contributed by atoms with Crippen molar-refractivity contribution in [1.82, 2.24) is 9.88 Å². The molecule has 3 heterocycles. The number of nitrogens with zero attached hydrogens (tertiary/aromatic N) is 2. The van der Waals surface area contributed by atoms with Crippen LogP contribution >= 0.6 is 22.7 Å². The van der Waals surface area contributed by atoms with Gasteiger partial charge in [0.2, 0.25) is 11.8 Å². The molecule has 0 aliphatic carbocycles. The summed E-state index contributed by atoms with van der Waals surface area (Å²) in [5, 5.41) is 5.41. The number of hydrogen-bond acceptors (Lipinski definition) is 5. The molecule has 1 unspecified atom stereocenters. The van der Waals surface area contributed by atoms with Crippen LogP contribution in [0.4, 0.5) is 5.13 Å². The first-order valence-electron chi connectivity index (χ1n) is 7.65. The van der Waals surface area contributed by atoms with Gasteiger partial charge in [-0.15, -0.1) is 22.7 Å². The van der Waals surface area contributed by atoms with Gasteiger partial charge >= 0.3 is 0 Å². The fraction of sp³-hybridized carbons (Fsp3) is 0.438. The maximum atomic E-state index is 12.5. The molecule has 2 amide bonds. The Bertz CT molecular complexity index is 722. The molecule has 1 saturated heterocycles. The molecule has 2 aromatic heterocycles. The second-order valence-electron chi connectivity index (χ2n) is 5.66. The molecular formula is C16H19N3O2S2. The Hall–Kier alpha value is -1.73. The minimum absolute atomic E-state index is 0.0428. The van der Waals surface area contributed by atoms with E-state index in [9.17, 15) is 9.59 Å². The number of carbonyl (C=O) groups excluding carboxylic acids is 2. The Morgan fingerprint density at radius 1 is 1.35 bits per heavy atom. The zero-order valence-electron chi connectivity index (χ0n) is 13.2. The predicted octanol–water partition coefficient (Wildman–Crippen LogP) is 3.52. The van der Waals surface area contributed by atoms with Gasteiger partial charge in [0.25, 0.3) is 0 Å². The van der Waals surface area contributed by atoms with Crippen LogP contribution in [0.5, 0.6) is 0 Å². The van der Waals surface area contributed by atoms with Gasteiger partial charge in [0.1, 0.15) is 6.04 Å². The van der Waals surface area contributed by atoms with E-state index in [1.807, 2.05) is 11.4 Å². The highest BCUT2D eigenvalue weighted by Crippen LogP contribution is 2.30. The number of hydrogen-bond donors (Lipinski definition) is 1. The largest absolute Gasteiger partial charge is 0.331 e. The second-order valence-corrected chi connectivity index (χ2v) is 7.81. The minimum Gasteiger partial charge on any atom is -0.331 e. The van der Waals surface area contributed by atoms with Crippen LogP contribution in [0.25, 0.3) is 10.6 Å². The van der Waals surface area contributed by atoms with Gasteiger partial charge in [-0.05, 0) is 38.3 Å². The molecule has 0 bridgehead atoms. The van der Waals surface area contributed by atoms with Crippen LogP contribution in [0, 0.1) is 6.92 Å². The summed E-state index contributed by atoms with van der Waals surface area (Å²) in [7, 11) is 0. The second kappa shape index (κ2) is 6.80. The summed E-state index contributed by atoms with van der Waals surface area (Å²) in [4.78, 5) is 32.7. The summed E-state index contributed by atoms with van der Waals surface area (Å²) < 4.78 is 0. The number of likely N-dealkylation sites (tertiary alicyclic amines) is 1. The molecule has 122 valence electrons. The third-order valence-electron chi connectivity index (χ3n) is 3.94. The Morgan fingerprint density at radius 3 is 2.87 bits per heavy atom. The highest BCUT2D eigenvalue weighted by Gasteiger charge is 2.30. The zero-order valence-corrected chi connectivity index (χ0v) is 14.8. The van der Waals surface area contributed by atoms with Gasteiger partial charge in [0, 0.05) is 23.7 Å². The summed E-state index contributed by atoms with van der Waals surface area (Å²) in [5.74, 6) is -0.179. The zero-order chi connectivity index (χ0) is 16.4. The van der Waals surface area contributed by atoms with Gasteiger partial charge < -0.3 is 10.2 Å². The normalized spacial score (nSPS) is 18.0. The van der Waals surface area contributed by atoms with E-state index >= 15 is 0 Å². The molecule has 23 heavy (non-hydrogen) atoms. The SMILES string of the molecule is CC(=O)N1CCCCC1C(=O)Nc1nc(-c2ccc(C)s2)cs1. The average molecular weight is 349 g/mol. The topological polar surface area (TPSA) is 62.3 Å². The maximum Gasteiger partial charge on any atom is 0.248 e. The number of nitrogens with one attached hydrogen (secondary N) is 1. The van der Waals surface area contributed by atoms with E-state index in [4.69, 9.17) is 0 Å². The molecule has 3 rings (SSSR count). The van der Waals surface area contributed by atoms with Crippen molar-refractivity contribution < 1.29 is 9.59 Å². The van der Waals surface area contributed by atoms with Crippen LogP contribution in [-0.4, -0.2) is 34.3 Å². The monoisotopic (exact) mass is 349 g/mol. The quantitative estimate of drug-likeness (QED) is 0.922. The van der Waals surface area contributed by atoms with Crippen molar-refractivity contribution in [3.63, 3.8) is 0 Å². The van der Waals surface area contributed by atoms with E-state index in [2.05, 4.69) is 23.3 Å².